The number of nitrogens with one attached hydrogen (secondary N) is 2. The number of rotatable bonds is 4. The third kappa shape index (κ3) is 2.21. The molecule has 1 aliphatic rings. The van der Waals surface area contributed by atoms with Gasteiger partial charge in [0, 0.05) is 25.2 Å². The number of hydrogen-bond acceptors (Lipinski definition) is 3. The van der Waals surface area contributed by atoms with Crippen LogP contribution < -0.4 is 10.2 Å². The van der Waals surface area contributed by atoms with Gasteiger partial charge >= 0.3 is 0 Å². The Bertz CT molecular complexity index is 533. The maximum Gasteiger partial charge on any atom is 0.271 e. The van der Waals surface area contributed by atoms with Gasteiger partial charge in [0.05, 0.1) is 16.3 Å². The zero-order chi connectivity index (χ0) is 13.3. The molecule has 1 unspecified atom stereocenters. The van der Waals surface area contributed by atoms with Gasteiger partial charge in [0.15, 0.2) is 6.49 Å². The molecule has 8 heteroatoms. The van der Waals surface area contributed by atoms with Gasteiger partial charge in [-0.05, 0) is 17.9 Å². The molecule has 2 N–H and O–H groups in total. The number of nitrogens with zero attached hydrogens (tertiary/aromatic N) is 2. The van der Waals surface area contributed by atoms with Crippen molar-refractivity contribution in [1.29, 1.82) is 0 Å². The fourth-order valence-corrected chi connectivity index (χ4v) is 5.40. The molecule has 0 bridgehead atoms. The third-order valence-electron chi connectivity index (χ3n) is 2.89. The molecule has 1 aromatic carbocycles. The number of non-ortho nitro benzene ring substituents is 1. The highest BCUT2D eigenvalue weighted by Gasteiger charge is 2.31. The molecule has 1 atom stereocenters. The standard InChI is InChI=1S/C10H15N4O2PS/c1-3-13(4-2)17(18)11-9-6-5-8(14(15)16)7-10(9)12-17/h5-7H,3-4H2,1-2H3,(H2,11,12,18). The molecule has 0 saturated heterocycles. The molecule has 98 valence electrons. The average Bonchev–Trinajstić information content (AvgIpc) is 2.66. The average molecular weight is 286 g/mol. The number of benzene rings is 1. The Hall–Kier alpha value is -1.17. The lowest BCUT2D eigenvalue weighted by Gasteiger charge is -2.29. The minimum Gasteiger partial charge on any atom is -0.329 e. The molecule has 2 rings (SSSR count). The van der Waals surface area contributed by atoms with E-state index in [4.69, 9.17) is 11.8 Å². The number of nitro groups is 1. The van der Waals surface area contributed by atoms with Crippen LogP contribution in [-0.2, 0) is 11.8 Å². The van der Waals surface area contributed by atoms with Gasteiger partial charge in [-0.15, -0.1) is 0 Å². The third-order valence-corrected chi connectivity index (χ3v) is 6.58. The number of nitro benzene ring substituents is 1. The van der Waals surface area contributed by atoms with E-state index in [2.05, 4.69) is 14.8 Å². The molecular weight excluding hydrogens is 271 g/mol. The largest absolute Gasteiger partial charge is 0.329 e. The van der Waals surface area contributed by atoms with E-state index in [-0.39, 0.29) is 5.69 Å². The topological polar surface area (TPSA) is 70.4 Å². The zero-order valence-corrected chi connectivity index (χ0v) is 11.9. The van der Waals surface area contributed by atoms with Gasteiger partial charge in [0.2, 0.25) is 0 Å². The van der Waals surface area contributed by atoms with E-state index in [1.54, 1.807) is 6.07 Å². The summed E-state index contributed by atoms with van der Waals surface area (Å²) in [6.07, 6.45) is 0. The van der Waals surface area contributed by atoms with Crippen LogP contribution in [0.2, 0.25) is 0 Å². The van der Waals surface area contributed by atoms with E-state index >= 15 is 0 Å². The van der Waals surface area contributed by atoms with E-state index in [1.165, 1.54) is 12.1 Å². The zero-order valence-electron chi connectivity index (χ0n) is 10.2. The molecule has 0 saturated carbocycles. The van der Waals surface area contributed by atoms with Crippen LogP contribution in [0.15, 0.2) is 18.2 Å². The minimum absolute atomic E-state index is 0.0750. The van der Waals surface area contributed by atoms with Crippen molar-refractivity contribution in [3.8, 4) is 0 Å². The van der Waals surface area contributed by atoms with Gasteiger partial charge in [-0.25, -0.2) is 4.67 Å². The number of fused-ring (bicyclic) bond motifs is 1. The van der Waals surface area contributed by atoms with E-state index in [0.29, 0.717) is 0 Å². The predicted molar refractivity (Wildman–Crippen MR) is 77.5 cm³/mol. The number of anilines is 2. The summed E-state index contributed by atoms with van der Waals surface area (Å²) < 4.78 is 2.15. The molecule has 6 nitrogen and oxygen atoms in total. The van der Waals surface area contributed by atoms with Crippen molar-refractivity contribution in [1.82, 2.24) is 4.67 Å². The van der Waals surface area contributed by atoms with Crippen LogP contribution in [0, 0.1) is 10.1 Å². The summed E-state index contributed by atoms with van der Waals surface area (Å²) in [5, 5.41) is 17.3. The Morgan fingerprint density at radius 3 is 2.50 bits per heavy atom. The maximum absolute atomic E-state index is 10.7. The monoisotopic (exact) mass is 286 g/mol. The van der Waals surface area contributed by atoms with Crippen LogP contribution in [0.1, 0.15) is 13.8 Å². The lowest BCUT2D eigenvalue weighted by atomic mass is 10.2. The first-order valence-corrected chi connectivity index (χ1v) is 8.46. The predicted octanol–water partition coefficient (Wildman–Crippen LogP) is 3.00. The molecule has 0 fully saturated rings. The van der Waals surface area contributed by atoms with Gasteiger partial charge in [0.1, 0.15) is 0 Å². The van der Waals surface area contributed by atoms with Gasteiger partial charge < -0.3 is 10.2 Å². The maximum atomic E-state index is 10.7. The molecule has 0 aromatic heterocycles. The van der Waals surface area contributed by atoms with Crippen LogP contribution in [0.3, 0.4) is 0 Å². The number of hydrogen-bond donors (Lipinski definition) is 2. The van der Waals surface area contributed by atoms with Crippen molar-refractivity contribution < 1.29 is 4.92 Å². The van der Waals surface area contributed by atoms with Crippen molar-refractivity contribution in [2.75, 3.05) is 23.3 Å². The summed E-state index contributed by atoms with van der Waals surface area (Å²) in [6.45, 7) is 3.70. The molecule has 0 radical (unpaired) electrons. The second-order valence-corrected chi connectivity index (χ2v) is 7.68. The van der Waals surface area contributed by atoms with Gasteiger partial charge in [-0.2, -0.15) is 0 Å². The highest BCUT2D eigenvalue weighted by molar-refractivity contribution is 8.15. The molecule has 1 heterocycles. The summed E-state index contributed by atoms with van der Waals surface area (Å²) in [5.41, 5.74) is 1.64. The van der Waals surface area contributed by atoms with E-state index in [9.17, 15) is 10.1 Å². The molecule has 0 aliphatic carbocycles. The molecule has 1 aromatic rings. The molecule has 18 heavy (non-hydrogen) atoms. The smallest absolute Gasteiger partial charge is 0.271 e. The minimum atomic E-state index is -2.07. The summed E-state index contributed by atoms with van der Waals surface area (Å²) in [7, 11) is 0. The van der Waals surface area contributed by atoms with Crippen molar-refractivity contribution >= 4 is 35.4 Å². The van der Waals surface area contributed by atoms with Crippen LogP contribution in [0.25, 0.3) is 0 Å². The highest BCUT2D eigenvalue weighted by Crippen LogP contribution is 2.57. The SMILES string of the molecule is CCN(CC)P1(=S)Nc2ccc([N+](=O)[O-])cc2N1. The first kappa shape index (κ1) is 13.3. The summed E-state index contributed by atoms with van der Waals surface area (Å²) in [5.74, 6) is 0. The van der Waals surface area contributed by atoms with Crippen LogP contribution >= 0.6 is 6.49 Å². The normalized spacial score (nSPS) is 21.3. The fourth-order valence-electron chi connectivity index (χ4n) is 1.95. The molecule has 1 aliphatic heterocycles. The van der Waals surface area contributed by atoms with Crippen LogP contribution in [-0.4, -0.2) is 22.7 Å². The van der Waals surface area contributed by atoms with Gasteiger partial charge in [-0.3, -0.25) is 10.1 Å². The van der Waals surface area contributed by atoms with E-state index in [1.807, 2.05) is 13.8 Å². The van der Waals surface area contributed by atoms with Crippen LogP contribution in [0.5, 0.6) is 0 Å². The van der Waals surface area contributed by atoms with Gasteiger partial charge in [0.25, 0.3) is 5.69 Å². The lowest BCUT2D eigenvalue weighted by molar-refractivity contribution is -0.384. The van der Waals surface area contributed by atoms with E-state index < -0.39 is 11.4 Å². The summed E-state index contributed by atoms with van der Waals surface area (Å²) >= 11 is 5.65. The Morgan fingerprint density at radius 1 is 1.33 bits per heavy atom. The highest BCUT2D eigenvalue weighted by atomic mass is 32.4. The Morgan fingerprint density at radius 2 is 1.94 bits per heavy atom. The molecule has 0 spiro atoms. The Kier molecular flexibility index (Phi) is 3.56. The Labute approximate surface area is 111 Å². The summed E-state index contributed by atoms with van der Waals surface area (Å²) in [6, 6.07) is 4.72. The van der Waals surface area contributed by atoms with Crippen molar-refractivity contribution in [3.05, 3.63) is 28.3 Å². The quantitative estimate of drug-likeness (QED) is 0.504. The van der Waals surface area contributed by atoms with Gasteiger partial charge in [-0.1, -0.05) is 13.8 Å². The lowest BCUT2D eigenvalue weighted by Crippen LogP contribution is -2.24. The Balaban J connectivity index is 2.32. The van der Waals surface area contributed by atoms with Crippen molar-refractivity contribution in [2.45, 2.75) is 13.8 Å². The first-order chi connectivity index (χ1) is 8.50. The first-order valence-electron chi connectivity index (χ1n) is 5.70. The fraction of sp³-hybridized carbons (Fsp3) is 0.400. The van der Waals surface area contributed by atoms with Crippen molar-refractivity contribution in [2.24, 2.45) is 0 Å². The molecule has 0 amide bonds. The van der Waals surface area contributed by atoms with Crippen molar-refractivity contribution in [3.63, 3.8) is 0 Å². The van der Waals surface area contributed by atoms with Crippen LogP contribution in [0.4, 0.5) is 17.1 Å². The summed E-state index contributed by atoms with van der Waals surface area (Å²) in [4.78, 5) is 10.3. The second-order valence-electron chi connectivity index (χ2n) is 3.93. The van der Waals surface area contributed by atoms with E-state index in [0.717, 1.165) is 24.5 Å². The second kappa shape index (κ2) is 4.84. The molecular formula is C10H15N4O2PS.